The van der Waals surface area contributed by atoms with Crippen LogP contribution in [-0.2, 0) is 0 Å². The number of rotatable bonds is 4. The molecule has 0 saturated heterocycles. The fourth-order valence-electron chi connectivity index (χ4n) is 1.62. The van der Waals surface area contributed by atoms with Gasteiger partial charge in [-0.1, -0.05) is 22.0 Å². The van der Waals surface area contributed by atoms with Crippen LogP contribution in [0.4, 0.5) is 13.2 Å². The monoisotopic (exact) mass is 376 g/mol. The maximum absolute atomic E-state index is 12.2. The predicted molar refractivity (Wildman–Crippen MR) is 74.3 cm³/mol. The molecule has 2 aromatic rings. The maximum atomic E-state index is 12.2. The van der Waals surface area contributed by atoms with Crippen LogP contribution in [0.1, 0.15) is 10.4 Å². The molecule has 0 spiro atoms. The number of carbonyl (C=O) groups is 1. The van der Waals surface area contributed by atoms with E-state index in [2.05, 4.69) is 20.7 Å². The van der Waals surface area contributed by atoms with Gasteiger partial charge in [-0.15, -0.1) is 13.2 Å². The van der Waals surface area contributed by atoms with Gasteiger partial charge < -0.3 is 14.6 Å². The minimum atomic E-state index is -4.82. The summed E-state index contributed by atoms with van der Waals surface area (Å²) in [4.78, 5) is 11.1. The third kappa shape index (κ3) is 4.39. The Morgan fingerprint density at radius 3 is 2.41 bits per heavy atom. The number of hydrogen-bond acceptors (Lipinski definition) is 3. The molecule has 8 heteroatoms. The molecule has 0 radical (unpaired) electrons. The molecule has 1 N–H and O–H groups in total. The Kier molecular flexibility index (Phi) is 4.60. The van der Waals surface area contributed by atoms with Gasteiger partial charge in [-0.2, -0.15) is 0 Å². The Hall–Kier alpha value is -2.22. The molecule has 116 valence electrons. The van der Waals surface area contributed by atoms with Crippen LogP contribution in [0.25, 0.3) is 0 Å². The fourth-order valence-corrected chi connectivity index (χ4v) is 1.98. The van der Waals surface area contributed by atoms with E-state index in [1.807, 2.05) is 0 Å². The number of aromatic carboxylic acids is 1. The zero-order chi connectivity index (χ0) is 16.3. The summed E-state index contributed by atoms with van der Waals surface area (Å²) < 4.78 is 46.1. The van der Waals surface area contributed by atoms with Crippen molar-refractivity contribution in [3.05, 3.63) is 52.5 Å². The Morgan fingerprint density at radius 2 is 1.77 bits per heavy atom. The van der Waals surface area contributed by atoms with Crippen molar-refractivity contribution in [3.8, 4) is 17.2 Å². The predicted octanol–water partition coefficient (Wildman–Crippen LogP) is 4.84. The molecule has 0 saturated carbocycles. The standard InChI is InChI=1S/C14H8BrF3O4/c15-8-4-5-12(11(6-8)13(19)20)21-9-2-1-3-10(7-9)22-14(16,17)18/h1-7H,(H,19,20). The Bertz CT molecular complexity index is 701. The topological polar surface area (TPSA) is 55.8 Å². The first-order chi connectivity index (χ1) is 10.2. The lowest BCUT2D eigenvalue weighted by atomic mass is 10.2. The van der Waals surface area contributed by atoms with E-state index in [4.69, 9.17) is 9.84 Å². The number of carboxylic acids is 1. The average molecular weight is 377 g/mol. The lowest BCUT2D eigenvalue weighted by Gasteiger charge is -2.12. The normalized spacial score (nSPS) is 11.1. The van der Waals surface area contributed by atoms with Crippen LogP contribution in [0.3, 0.4) is 0 Å². The highest BCUT2D eigenvalue weighted by Crippen LogP contribution is 2.31. The number of ether oxygens (including phenoxy) is 2. The van der Waals surface area contributed by atoms with Gasteiger partial charge in [-0.05, 0) is 30.3 Å². The summed E-state index contributed by atoms with van der Waals surface area (Å²) in [5.74, 6) is -1.66. The van der Waals surface area contributed by atoms with Crippen molar-refractivity contribution in [2.24, 2.45) is 0 Å². The molecule has 2 rings (SSSR count). The molecule has 0 fully saturated rings. The molecular formula is C14H8BrF3O4. The summed E-state index contributed by atoms with van der Waals surface area (Å²) in [5, 5.41) is 9.10. The Labute approximate surface area is 131 Å². The smallest absolute Gasteiger partial charge is 0.478 e. The molecule has 0 aliphatic carbocycles. The molecule has 0 aliphatic heterocycles. The minimum absolute atomic E-state index is 0.000131. The Balaban J connectivity index is 2.28. The van der Waals surface area contributed by atoms with Crippen LogP contribution >= 0.6 is 15.9 Å². The number of hydrogen-bond donors (Lipinski definition) is 1. The highest BCUT2D eigenvalue weighted by atomic mass is 79.9. The molecule has 0 amide bonds. The first kappa shape index (κ1) is 16.2. The second-order valence-electron chi connectivity index (χ2n) is 4.07. The average Bonchev–Trinajstić information content (AvgIpc) is 2.39. The van der Waals surface area contributed by atoms with E-state index in [1.54, 1.807) is 6.07 Å². The number of carboxylic acid groups (broad SMARTS) is 1. The number of alkyl halides is 3. The lowest BCUT2D eigenvalue weighted by molar-refractivity contribution is -0.274. The third-order valence-electron chi connectivity index (χ3n) is 2.44. The summed E-state index contributed by atoms with van der Waals surface area (Å²) in [6, 6.07) is 9.09. The summed E-state index contributed by atoms with van der Waals surface area (Å²) in [5.41, 5.74) is -0.128. The van der Waals surface area contributed by atoms with Crippen LogP contribution in [0, 0.1) is 0 Å². The van der Waals surface area contributed by atoms with Crippen molar-refractivity contribution in [2.45, 2.75) is 6.36 Å². The molecule has 0 unspecified atom stereocenters. The van der Waals surface area contributed by atoms with E-state index in [1.165, 1.54) is 24.3 Å². The molecule has 22 heavy (non-hydrogen) atoms. The highest BCUT2D eigenvalue weighted by Gasteiger charge is 2.31. The van der Waals surface area contributed by atoms with Gasteiger partial charge in [0.05, 0.1) is 0 Å². The lowest BCUT2D eigenvalue weighted by Crippen LogP contribution is -2.17. The van der Waals surface area contributed by atoms with Crippen molar-refractivity contribution in [3.63, 3.8) is 0 Å². The SMILES string of the molecule is O=C(O)c1cc(Br)ccc1Oc1cccc(OC(F)(F)F)c1. The second-order valence-corrected chi connectivity index (χ2v) is 4.99. The molecule has 0 aromatic heterocycles. The Morgan fingerprint density at radius 1 is 1.09 bits per heavy atom. The molecular weight excluding hydrogens is 369 g/mol. The molecule has 4 nitrogen and oxygen atoms in total. The largest absolute Gasteiger partial charge is 0.573 e. The summed E-state index contributed by atoms with van der Waals surface area (Å²) in [6.45, 7) is 0. The maximum Gasteiger partial charge on any atom is 0.573 e. The van der Waals surface area contributed by atoms with E-state index in [-0.39, 0.29) is 17.1 Å². The van der Waals surface area contributed by atoms with Gasteiger partial charge in [0.2, 0.25) is 0 Å². The zero-order valence-electron chi connectivity index (χ0n) is 10.7. The van der Waals surface area contributed by atoms with Gasteiger partial charge in [-0.3, -0.25) is 0 Å². The zero-order valence-corrected chi connectivity index (χ0v) is 12.3. The van der Waals surface area contributed by atoms with Crippen LogP contribution in [0.5, 0.6) is 17.2 Å². The van der Waals surface area contributed by atoms with Gasteiger partial charge in [0, 0.05) is 10.5 Å². The van der Waals surface area contributed by atoms with Crippen LogP contribution in [-0.4, -0.2) is 17.4 Å². The number of halogens is 4. The number of benzene rings is 2. The van der Waals surface area contributed by atoms with Gasteiger partial charge in [0.25, 0.3) is 0 Å². The first-order valence-electron chi connectivity index (χ1n) is 5.81. The molecule has 0 bridgehead atoms. The summed E-state index contributed by atoms with van der Waals surface area (Å²) in [6.07, 6.45) is -4.82. The van der Waals surface area contributed by atoms with E-state index < -0.39 is 18.1 Å². The highest BCUT2D eigenvalue weighted by molar-refractivity contribution is 9.10. The minimum Gasteiger partial charge on any atom is -0.478 e. The van der Waals surface area contributed by atoms with Crippen molar-refractivity contribution < 1.29 is 32.5 Å². The van der Waals surface area contributed by atoms with Crippen molar-refractivity contribution >= 4 is 21.9 Å². The van der Waals surface area contributed by atoms with Crippen LogP contribution in [0.2, 0.25) is 0 Å². The van der Waals surface area contributed by atoms with Gasteiger partial charge in [0.1, 0.15) is 22.8 Å². The van der Waals surface area contributed by atoms with E-state index in [0.29, 0.717) is 4.47 Å². The van der Waals surface area contributed by atoms with Gasteiger partial charge in [0.15, 0.2) is 0 Å². The van der Waals surface area contributed by atoms with Gasteiger partial charge >= 0.3 is 12.3 Å². The van der Waals surface area contributed by atoms with Crippen molar-refractivity contribution in [1.29, 1.82) is 0 Å². The van der Waals surface area contributed by atoms with Gasteiger partial charge in [-0.25, -0.2) is 4.79 Å². The van der Waals surface area contributed by atoms with E-state index in [9.17, 15) is 18.0 Å². The van der Waals surface area contributed by atoms with Crippen molar-refractivity contribution in [2.75, 3.05) is 0 Å². The van der Waals surface area contributed by atoms with Crippen LogP contribution < -0.4 is 9.47 Å². The summed E-state index contributed by atoms with van der Waals surface area (Å²) in [7, 11) is 0. The molecule has 0 aliphatic rings. The third-order valence-corrected chi connectivity index (χ3v) is 2.93. The molecule has 0 heterocycles. The summed E-state index contributed by atoms with van der Waals surface area (Å²) >= 11 is 3.13. The van der Waals surface area contributed by atoms with Crippen LogP contribution in [0.15, 0.2) is 46.9 Å². The first-order valence-corrected chi connectivity index (χ1v) is 6.60. The van der Waals surface area contributed by atoms with E-state index >= 15 is 0 Å². The molecule has 0 atom stereocenters. The van der Waals surface area contributed by atoms with Crippen molar-refractivity contribution in [1.82, 2.24) is 0 Å². The van der Waals surface area contributed by atoms with E-state index in [0.717, 1.165) is 12.1 Å². The second kappa shape index (κ2) is 6.27. The fraction of sp³-hybridized carbons (Fsp3) is 0.0714. The molecule has 2 aromatic carbocycles. The quantitative estimate of drug-likeness (QED) is 0.829.